The quantitative estimate of drug-likeness (QED) is 0.839. The minimum atomic E-state index is -0.361. The smallest absolute Gasteiger partial charge is 0.105 e. The first-order valence-electron chi connectivity index (χ1n) is 8.16. The van der Waals surface area contributed by atoms with Crippen molar-refractivity contribution in [2.75, 3.05) is 13.1 Å². The van der Waals surface area contributed by atoms with Crippen molar-refractivity contribution in [1.29, 1.82) is 5.26 Å². The van der Waals surface area contributed by atoms with E-state index in [-0.39, 0.29) is 5.54 Å². The first-order chi connectivity index (χ1) is 9.23. The molecule has 3 unspecified atom stereocenters. The van der Waals surface area contributed by atoms with Crippen LogP contribution < -0.4 is 5.32 Å². The third-order valence-electron chi connectivity index (χ3n) is 5.12. The molecule has 3 atom stereocenters. The fourth-order valence-corrected chi connectivity index (χ4v) is 3.43. The molecule has 1 N–H and O–H groups in total. The highest BCUT2D eigenvalue weighted by molar-refractivity contribution is 5.08. The standard InChI is InChI=1S/C17H31N3/c1-13(10-17(5,12-18)19-15-6-7-15)20-9-8-14(11-20)16(2,3)4/h13-15,19H,6-11H2,1-5H3. The van der Waals surface area contributed by atoms with Crippen molar-refractivity contribution in [3.05, 3.63) is 0 Å². The van der Waals surface area contributed by atoms with Crippen LogP contribution in [0.3, 0.4) is 0 Å². The lowest BCUT2D eigenvalue weighted by atomic mass is 9.80. The summed E-state index contributed by atoms with van der Waals surface area (Å²) in [5, 5.41) is 13.0. The first kappa shape index (κ1) is 15.8. The normalized spacial score (nSPS) is 28.9. The number of nitriles is 1. The lowest BCUT2D eigenvalue weighted by Gasteiger charge is -2.33. The summed E-state index contributed by atoms with van der Waals surface area (Å²) in [5.41, 5.74) is 0.0413. The molecule has 1 saturated carbocycles. The maximum Gasteiger partial charge on any atom is 0.105 e. The summed E-state index contributed by atoms with van der Waals surface area (Å²) in [7, 11) is 0. The second kappa shape index (κ2) is 5.66. The Bertz CT molecular complexity index is 375. The Kier molecular flexibility index (Phi) is 4.47. The Morgan fingerprint density at radius 1 is 1.25 bits per heavy atom. The Labute approximate surface area is 124 Å². The van der Waals surface area contributed by atoms with Crippen LogP contribution >= 0.6 is 0 Å². The molecule has 1 aliphatic carbocycles. The fraction of sp³-hybridized carbons (Fsp3) is 0.941. The number of rotatable bonds is 5. The Balaban J connectivity index is 1.88. The van der Waals surface area contributed by atoms with Gasteiger partial charge < -0.3 is 4.90 Å². The van der Waals surface area contributed by atoms with Crippen LogP contribution in [0.4, 0.5) is 0 Å². The maximum atomic E-state index is 9.50. The van der Waals surface area contributed by atoms with E-state index in [9.17, 15) is 5.26 Å². The zero-order chi connectivity index (χ0) is 15.0. The molecule has 0 aromatic heterocycles. The summed E-state index contributed by atoms with van der Waals surface area (Å²) in [6.45, 7) is 13.8. The van der Waals surface area contributed by atoms with E-state index < -0.39 is 0 Å². The molecular formula is C17H31N3. The minimum absolute atomic E-state index is 0.361. The van der Waals surface area contributed by atoms with Crippen molar-refractivity contribution in [1.82, 2.24) is 10.2 Å². The van der Waals surface area contributed by atoms with Crippen molar-refractivity contribution in [2.45, 2.75) is 77.9 Å². The molecule has 2 aliphatic rings. The highest BCUT2D eigenvalue weighted by atomic mass is 15.2. The predicted octanol–water partition coefficient (Wildman–Crippen LogP) is 3.17. The van der Waals surface area contributed by atoms with E-state index in [1.54, 1.807) is 0 Å². The molecule has 1 heterocycles. The van der Waals surface area contributed by atoms with Gasteiger partial charge in [-0.15, -0.1) is 0 Å². The summed E-state index contributed by atoms with van der Waals surface area (Å²) in [5.74, 6) is 0.787. The maximum absolute atomic E-state index is 9.50. The second-order valence-electron chi connectivity index (χ2n) is 8.26. The van der Waals surface area contributed by atoms with Gasteiger partial charge in [0.2, 0.25) is 0 Å². The van der Waals surface area contributed by atoms with Gasteiger partial charge >= 0.3 is 0 Å². The van der Waals surface area contributed by atoms with Crippen LogP contribution in [0.15, 0.2) is 0 Å². The van der Waals surface area contributed by atoms with Gasteiger partial charge in [-0.25, -0.2) is 0 Å². The number of likely N-dealkylation sites (tertiary alicyclic amines) is 1. The lowest BCUT2D eigenvalue weighted by Crippen LogP contribution is -2.47. The zero-order valence-corrected chi connectivity index (χ0v) is 13.9. The van der Waals surface area contributed by atoms with Gasteiger partial charge in [0.25, 0.3) is 0 Å². The molecule has 0 spiro atoms. The lowest BCUT2D eigenvalue weighted by molar-refractivity contribution is 0.179. The topological polar surface area (TPSA) is 39.1 Å². The zero-order valence-electron chi connectivity index (χ0n) is 13.9. The summed E-state index contributed by atoms with van der Waals surface area (Å²) < 4.78 is 0. The summed E-state index contributed by atoms with van der Waals surface area (Å²) in [6.07, 6.45) is 4.70. The molecule has 20 heavy (non-hydrogen) atoms. The number of nitrogens with zero attached hydrogens (tertiary/aromatic N) is 2. The highest BCUT2D eigenvalue weighted by Crippen LogP contribution is 2.35. The molecule has 114 valence electrons. The van der Waals surface area contributed by atoms with E-state index in [0.717, 1.165) is 12.3 Å². The van der Waals surface area contributed by atoms with Crippen molar-refractivity contribution in [3.63, 3.8) is 0 Å². The van der Waals surface area contributed by atoms with Crippen molar-refractivity contribution in [3.8, 4) is 6.07 Å². The molecule has 0 radical (unpaired) electrons. The van der Waals surface area contributed by atoms with Gasteiger partial charge in [-0.1, -0.05) is 20.8 Å². The van der Waals surface area contributed by atoms with Crippen LogP contribution in [-0.4, -0.2) is 35.6 Å². The van der Waals surface area contributed by atoms with Gasteiger partial charge in [-0.2, -0.15) is 5.26 Å². The molecule has 2 fully saturated rings. The molecule has 0 aromatic rings. The van der Waals surface area contributed by atoms with Crippen LogP contribution in [0.25, 0.3) is 0 Å². The van der Waals surface area contributed by atoms with Gasteiger partial charge in [0.1, 0.15) is 5.54 Å². The molecule has 3 heteroatoms. The van der Waals surface area contributed by atoms with E-state index in [1.807, 2.05) is 0 Å². The summed E-state index contributed by atoms with van der Waals surface area (Å²) >= 11 is 0. The third-order valence-corrected chi connectivity index (χ3v) is 5.12. The molecule has 1 aliphatic heterocycles. The Morgan fingerprint density at radius 3 is 2.35 bits per heavy atom. The minimum Gasteiger partial charge on any atom is -0.300 e. The van der Waals surface area contributed by atoms with Gasteiger partial charge in [0.05, 0.1) is 6.07 Å². The molecule has 0 bridgehead atoms. The summed E-state index contributed by atoms with van der Waals surface area (Å²) in [4.78, 5) is 2.58. The van der Waals surface area contributed by atoms with E-state index in [1.165, 1.54) is 32.4 Å². The number of nitrogens with one attached hydrogen (secondary N) is 1. The summed E-state index contributed by atoms with van der Waals surface area (Å²) in [6, 6.07) is 3.58. The number of hydrogen-bond donors (Lipinski definition) is 1. The molecule has 0 aromatic carbocycles. The van der Waals surface area contributed by atoms with Crippen molar-refractivity contribution < 1.29 is 0 Å². The largest absolute Gasteiger partial charge is 0.300 e. The molecule has 2 rings (SSSR count). The molecule has 3 nitrogen and oxygen atoms in total. The van der Waals surface area contributed by atoms with Crippen LogP contribution in [0.1, 0.15) is 60.3 Å². The van der Waals surface area contributed by atoms with E-state index >= 15 is 0 Å². The Hall–Kier alpha value is -0.590. The molecule has 0 amide bonds. The van der Waals surface area contributed by atoms with E-state index in [2.05, 4.69) is 50.9 Å². The molecule has 1 saturated heterocycles. The van der Waals surface area contributed by atoms with Gasteiger partial charge in [-0.3, -0.25) is 5.32 Å². The van der Waals surface area contributed by atoms with E-state index in [4.69, 9.17) is 0 Å². The first-order valence-corrected chi connectivity index (χ1v) is 8.16. The van der Waals surface area contributed by atoms with Gasteiger partial charge in [-0.05, 0) is 57.4 Å². The SMILES string of the molecule is CC(CC(C)(C#N)NC1CC1)N1CCC(C(C)(C)C)C1. The van der Waals surface area contributed by atoms with Crippen LogP contribution in [-0.2, 0) is 0 Å². The average molecular weight is 277 g/mol. The average Bonchev–Trinajstić information content (AvgIpc) is 2.98. The second-order valence-corrected chi connectivity index (χ2v) is 8.26. The number of hydrogen-bond acceptors (Lipinski definition) is 3. The van der Waals surface area contributed by atoms with Crippen LogP contribution in [0, 0.1) is 22.7 Å². The Morgan fingerprint density at radius 2 is 1.90 bits per heavy atom. The fourth-order valence-electron chi connectivity index (χ4n) is 3.43. The predicted molar refractivity (Wildman–Crippen MR) is 83.4 cm³/mol. The van der Waals surface area contributed by atoms with Crippen molar-refractivity contribution in [2.24, 2.45) is 11.3 Å². The van der Waals surface area contributed by atoms with Crippen LogP contribution in [0.2, 0.25) is 0 Å². The highest BCUT2D eigenvalue weighted by Gasteiger charge is 2.38. The van der Waals surface area contributed by atoms with Gasteiger partial charge in [0.15, 0.2) is 0 Å². The monoisotopic (exact) mass is 277 g/mol. The van der Waals surface area contributed by atoms with Gasteiger partial charge in [0, 0.05) is 18.6 Å². The third kappa shape index (κ3) is 3.96. The molecular weight excluding hydrogens is 246 g/mol. The van der Waals surface area contributed by atoms with Crippen molar-refractivity contribution >= 4 is 0 Å². The van der Waals surface area contributed by atoms with Crippen LogP contribution in [0.5, 0.6) is 0 Å². The van der Waals surface area contributed by atoms with E-state index in [0.29, 0.717) is 17.5 Å².